The second-order valence-electron chi connectivity index (χ2n) is 6.94. The molecule has 136 valence electrons. The van der Waals surface area contributed by atoms with Gasteiger partial charge in [-0.1, -0.05) is 30.3 Å². The molecule has 0 spiro atoms. The predicted molar refractivity (Wildman–Crippen MR) is 97.1 cm³/mol. The number of benzene rings is 1. The van der Waals surface area contributed by atoms with Crippen LogP contribution in [0.4, 0.5) is 4.79 Å². The number of ether oxygens (including phenoxy) is 1. The number of nitrogens with two attached hydrogens (primary N) is 1. The molecular formula is C19H28N4O2. The monoisotopic (exact) mass is 344 g/mol. The number of hydrogen-bond acceptors (Lipinski definition) is 5. The third-order valence-electron chi connectivity index (χ3n) is 4.92. The molecule has 2 saturated carbocycles. The minimum atomic E-state index is -0.330. The van der Waals surface area contributed by atoms with Gasteiger partial charge in [-0.2, -0.15) is 0 Å². The van der Waals surface area contributed by atoms with Crippen LogP contribution in [-0.2, 0) is 11.3 Å². The zero-order chi connectivity index (χ0) is 17.5. The fraction of sp³-hybridized carbons (Fsp3) is 0.526. The highest BCUT2D eigenvalue weighted by Gasteiger charge is 2.26. The van der Waals surface area contributed by atoms with Gasteiger partial charge in [0.1, 0.15) is 6.61 Å². The summed E-state index contributed by atoms with van der Waals surface area (Å²) < 4.78 is 5.29. The maximum Gasteiger partial charge on any atom is 0.407 e. The number of nitrogens with one attached hydrogen (secondary N) is 3. The van der Waals surface area contributed by atoms with Gasteiger partial charge in [-0.05, 0) is 44.1 Å². The molecule has 25 heavy (non-hydrogen) atoms. The Kier molecular flexibility index (Phi) is 6.17. The first kappa shape index (κ1) is 17.6. The summed E-state index contributed by atoms with van der Waals surface area (Å²) in [7, 11) is 0. The van der Waals surface area contributed by atoms with E-state index in [4.69, 9.17) is 10.6 Å². The van der Waals surface area contributed by atoms with Gasteiger partial charge < -0.3 is 20.8 Å². The van der Waals surface area contributed by atoms with Crippen LogP contribution in [0.3, 0.4) is 0 Å². The van der Waals surface area contributed by atoms with Gasteiger partial charge in [-0.25, -0.2) is 4.79 Å². The molecule has 2 aliphatic rings. The van der Waals surface area contributed by atoms with E-state index in [0.717, 1.165) is 36.9 Å². The topological polar surface area (TPSA) is 88.4 Å². The fourth-order valence-corrected chi connectivity index (χ4v) is 3.22. The van der Waals surface area contributed by atoms with Crippen LogP contribution in [0.5, 0.6) is 0 Å². The minimum Gasteiger partial charge on any atom is -0.445 e. The molecule has 1 aromatic rings. The highest BCUT2D eigenvalue weighted by atomic mass is 16.5. The summed E-state index contributed by atoms with van der Waals surface area (Å²) in [5, 5.41) is 6.44. The van der Waals surface area contributed by atoms with Gasteiger partial charge in [0, 0.05) is 29.9 Å². The molecule has 0 saturated heterocycles. The molecule has 0 heterocycles. The highest BCUT2D eigenvalue weighted by molar-refractivity contribution is 5.67. The Bertz CT molecular complexity index is 578. The van der Waals surface area contributed by atoms with Gasteiger partial charge in [0.2, 0.25) is 0 Å². The molecule has 2 fully saturated rings. The van der Waals surface area contributed by atoms with Gasteiger partial charge in [-0.3, -0.25) is 5.84 Å². The zero-order valence-electron chi connectivity index (χ0n) is 14.5. The second-order valence-corrected chi connectivity index (χ2v) is 6.94. The van der Waals surface area contributed by atoms with Crippen molar-refractivity contribution in [3.8, 4) is 0 Å². The molecule has 1 amide bonds. The fourth-order valence-electron chi connectivity index (χ4n) is 3.22. The lowest BCUT2D eigenvalue weighted by Gasteiger charge is -2.29. The number of hydrogen-bond donors (Lipinski definition) is 4. The molecule has 6 heteroatoms. The van der Waals surface area contributed by atoms with Crippen molar-refractivity contribution in [3.63, 3.8) is 0 Å². The van der Waals surface area contributed by atoms with Crippen molar-refractivity contribution in [3.05, 3.63) is 47.8 Å². The van der Waals surface area contributed by atoms with Gasteiger partial charge in [0.15, 0.2) is 0 Å². The first-order chi connectivity index (χ1) is 12.2. The number of hydrazine groups is 1. The van der Waals surface area contributed by atoms with Crippen LogP contribution in [0, 0.1) is 5.92 Å². The molecule has 0 unspecified atom stereocenters. The van der Waals surface area contributed by atoms with Crippen molar-refractivity contribution >= 4 is 6.09 Å². The summed E-state index contributed by atoms with van der Waals surface area (Å²) >= 11 is 0. The van der Waals surface area contributed by atoms with Crippen LogP contribution in [0.2, 0.25) is 0 Å². The average Bonchev–Trinajstić information content (AvgIpc) is 3.48. The average molecular weight is 344 g/mol. The Morgan fingerprint density at radius 3 is 2.40 bits per heavy atom. The minimum absolute atomic E-state index is 0.195. The van der Waals surface area contributed by atoms with E-state index >= 15 is 0 Å². The Morgan fingerprint density at radius 2 is 1.76 bits per heavy atom. The van der Waals surface area contributed by atoms with Crippen molar-refractivity contribution in [2.45, 2.75) is 57.2 Å². The predicted octanol–water partition coefficient (Wildman–Crippen LogP) is 2.53. The van der Waals surface area contributed by atoms with E-state index in [0.29, 0.717) is 18.6 Å². The summed E-state index contributed by atoms with van der Waals surface area (Å²) in [5.41, 5.74) is 4.89. The van der Waals surface area contributed by atoms with E-state index in [9.17, 15) is 4.79 Å². The first-order valence-corrected chi connectivity index (χ1v) is 9.14. The Labute approximate surface area is 149 Å². The highest BCUT2D eigenvalue weighted by Crippen LogP contribution is 2.34. The summed E-state index contributed by atoms with van der Waals surface area (Å²) in [5.74, 6) is 6.16. The molecule has 2 aliphatic carbocycles. The summed E-state index contributed by atoms with van der Waals surface area (Å²) in [6.45, 7) is 0.310. The zero-order valence-corrected chi connectivity index (χ0v) is 14.5. The second kappa shape index (κ2) is 8.76. The van der Waals surface area contributed by atoms with E-state index in [2.05, 4.69) is 16.1 Å². The normalized spacial score (nSPS) is 23.6. The number of amides is 1. The molecule has 0 aliphatic heterocycles. The van der Waals surface area contributed by atoms with Crippen molar-refractivity contribution in [1.82, 2.24) is 16.1 Å². The number of allylic oxidation sites excluding steroid dienone is 1. The summed E-state index contributed by atoms with van der Waals surface area (Å²) in [6, 6.07) is 10.4. The third kappa shape index (κ3) is 5.67. The molecule has 0 atom stereocenters. The van der Waals surface area contributed by atoms with E-state index in [1.807, 2.05) is 36.5 Å². The maximum atomic E-state index is 11.9. The molecule has 0 aromatic heterocycles. The Balaban J connectivity index is 1.34. The first-order valence-electron chi connectivity index (χ1n) is 9.14. The standard InChI is InChI=1S/C19H28N4O2/c20-23-18(15-6-7-15)12-21-16-8-10-17(11-9-16)22-19(24)25-13-14-4-2-1-3-5-14/h1-5,12,15-17,21,23H,6-11,13,20H2,(H,22,24)/b18-12-. The molecular weight excluding hydrogens is 316 g/mol. The molecule has 5 N–H and O–H groups in total. The van der Waals surface area contributed by atoms with Crippen LogP contribution in [0.1, 0.15) is 44.1 Å². The number of rotatable bonds is 7. The van der Waals surface area contributed by atoms with Crippen molar-refractivity contribution in [1.29, 1.82) is 0 Å². The SMILES string of the molecule is NN/C(=C\NC1CCC(NC(=O)OCc2ccccc2)CC1)C1CC1. The van der Waals surface area contributed by atoms with Crippen LogP contribution in [0.15, 0.2) is 42.2 Å². The quantitative estimate of drug-likeness (QED) is 0.451. The molecule has 6 nitrogen and oxygen atoms in total. The smallest absolute Gasteiger partial charge is 0.407 e. The largest absolute Gasteiger partial charge is 0.445 e. The summed E-state index contributed by atoms with van der Waals surface area (Å²) in [4.78, 5) is 11.9. The van der Waals surface area contributed by atoms with Gasteiger partial charge >= 0.3 is 6.09 Å². The lowest BCUT2D eigenvalue weighted by molar-refractivity contribution is 0.132. The van der Waals surface area contributed by atoms with Crippen molar-refractivity contribution < 1.29 is 9.53 Å². The number of carbonyl (C=O) groups is 1. The van der Waals surface area contributed by atoms with Crippen LogP contribution in [0.25, 0.3) is 0 Å². The van der Waals surface area contributed by atoms with E-state index in [1.165, 1.54) is 12.8 Å². The van der Waals surface area contributed by atoms with E-state index in [1.54, 1.807) is 0 Å². The van der Waals surface area contributed by atoms with Crippen LogP contribution in [-0.4, -0.2) is 18.2 Å². The number of carbonyl (C=O) groups excluding carboxylic acids is 1. The lowest BCUT2D eigenvalue weighted by atomic mass is 9.91. The van der Waals surface area contributed by atoms with Gasteiger partial charge in [-0.15, -0.1) is 0 Å². The van der Waals surface area contributed by atoms with E-state index < -0.39 is 0 Å². The molecule has 3 rings (SSSR count). The molecule has 1 aromatic carbocycles. The van der Waals surface area contributed by atoms with Crippen molar-refractivity contribution in [2.75, 3.05) is 0 Å². The molecule has 0 bridgehead atoms. The summed E-state index contributed by atoms with van der Waals surface area (Å²) in [6.07, 6.45) is 8.12. The lowest BCUT2D eigenvalue weighted by Crippen LogP contribution is -2.41. The third-order valence-corrected chi connectivity index (χ3v) is 4.92. The van der Waals surface area contributed by atoms with Gasteiger partial charge in [0.05, 0.1) is 0 Å². The van der Waals surface area contributed by atoms with Crippen LogP contribution < -0.4 is 21.9 Å². The maximum absolute atomic E-state index is 11.9. The van der Waals surface area contributed by atoms with Crippen LogP contribution >= 0.6 is 0 Å². The Hall–Kier alpha value is -2.21. The van der Waals surface area contributed by atoms with Crippen molar-refractivity contribution in [2.24, 2.45) is 11.8 Å². The Morgan fingerprint density at radius 1 is 1.08 bits per heavy atom. The van der Waals surface area contributed by atoms with Gasteiger partial charge in [0.25, 0.3) is 0 Å². The number of alkyl carbamates (subject to hydrolysis) is 1. The molecule has 0 radical (unpaired) electrons. The van der Waals surface area contributed by atoms with E-state index in [-0.39, 0.29) is 12.1 Å².